The van der Waals surface area contributed by atoms with Crippen LogP contribution >= 0.6 is 15.9 Å². The van der Waals surface area contributed by atoms with E-state index in [2.05, 4.69) is 15.9 Å². The smallest absolute Gasteiger partial charge is 0.305 e. The molecule has 1 fully saturated rings. The van der Waals surface area contributed by atoms with Gasteiger partial charge in [-0.2, -0.15) is 0 Å². The van der Waals surface area contributed by atoms with Crippen LogP contribution in [0.4, 0.5) is 0 Å². The number of methoxy groups -OCH3 is 1. The first-order valence-electron chi connectivity index (χ1n) is 6.02. The van der Waals surface area contributed by atoms with Crippen LogP contribution in [-0.4, -0.2) is 24.3 Å². The third-order valence-corrected chi connectivity index (χ3v) is 3.33. The van der Waals surface area contributed by atoms with Gasteiger partial charge in [0.05, 0.1) is 19.6 Å². The second kappa shape index (κ2) is 5.79. The Bertz CT molecular complexity index is 488. The zero-order valence-electron chi connectivity index (χ0n) is 10.6. The van der Waals surface area contributed by atoms with Crippen LogP contribution in [0.3, 0.4) is 0 Å². The van der Waals surface area contributed by atoms with Gasteiger partial charge < -0.3 is 20.3 Å². The highest BCUT2D eigenvalue weighted by Gasteiger charge is 2.28. The van der Waals surface area contributed by atoms with Gasteiger partial charge in [-0.15, -0.1) is 0 Å². The maximum Gasteiger partial charge on any atom is 0.305 e. The normalized spacial score (nSPS) is 15.9. The average molecular weight is 330 g/mol. The molecule has 0 saturated heterocycles. The topological polar surface area (TPSA) is 81.8 Å². The van der Waals surface area contributed by atoms with E-state index >= 15 is 0 Å². The van der Waals surface area contributed by atoms with E-state index < -0.39 is 12.0 Å². The highest BCUT2D eigenvalue weighted by molar-refractivity contribution is 9.10. The number of hydrogen-bond donors (Lipinski definition) is 2. The summed E-state index contributed by atoms with van der Waals surface area (Å²) in [6.45, 7) is 0. The van der Waals surface area contributed by atoms with Crippen molar-refractivity contribution in [2.24, 2.45) is 5.73 Å². The zero-order chi connectivity index (χ0) is 14.0. The molecule has 19 heavy (non-hydrogen) atoms. The molecule has 5 nitrogen and oxygen atoms in total. The highest BCUT2D eigenvalue weighted by Crippen LogP contribution is 2.41. The number of rotatable bonds is 6. The first-order chi connectivity index (χ1) is 9.01. The van der Waals surface area contributed by atoms with Crippen molar-refractivity contribution in [3.63, 3.8) is 0 Å². The Labute approximate surface area is 119 Å². The van der Waals surface area contributed by atoms with Crippen molar-refractivity contribution >= 4 is 21.9 Å². The number of carboxylic acid groups (broad SMARTS) is 1. The van der Waals surface area contributed by atoms with Crippen molar-refractivity contribution in [1.82, 2.24) is 0 Å². The predicted octanol–water partition coefficient (Wildman–Crippen LogP) is 2.47. The van der Waals surface area contributed by atoms with Gasteiger partial charge in [0.1, 0.15) is 0 Å². The van der Waals surface area contributed by atoms with Crippen molar-refractivity contribution < 1.29 is 19.4 Å². The molecule has 2 rings (SSSR count). The van der Waals surface area contributed by atoms with Crippen LogP contribution in [0.25, 0.3) is 0 Å². The third kappa shape index (κ3) is 3.61. The van der Waals surface area contributed by atoms with E-state index in [-0.39, 0.29) is 12.5 Å². The summed E-state index contributed by atoms with van der Waals surface area (Å²) in [6, 6.07) is 2.94. The molecule has 6 heteroatoms. The predicted molar refractivity (Wildman–Crippen MR) is 73.5 cm³/mol. The van der Waals surface area contributed by atoms with Crippen molar-refractivity contribution in [2.45, 2.75) is 31.4 Å². The Balaban J connectivity index is 2.36. The standard InChI is InChI=1S/C13H16BrNO4/c1-18-11-5-7(14)4-9(10(15)6-12(16)17)13(11)19-8-2-3-8/h4-5,8,10H,2-3,6,15H2,1H3,(H,16,17). The minimum atomic E-state index is -0.941. The molecule has 0 radical (unpaired) electrons. The number of hydrogen-bond acceptors (Lipinski definition) is 4. The van der Waals surface area contributed by atoms with Crippen molar-refractivity contribution in [1.29, 1.82) is 0 Å². The van der Waals surface area contributed by atoms with E-state index in [1.54, 1.807) is 19.2 Å². The molecule has 0 aliphatic heterocycles. The summed E-state index contributed by atoms with van der Waals surface area (Å²) in [5.41, 5.74) is 6.60. The second-order valence-corrected chi connectivity index (χ2v) is 5.46. The van der Waals surface area contributed by atoms with Crippen LogP contribution in [0.5, 0.6) is 11.5 Å². The summed E-state index contributed by atoms with van der Waals surface area (Å²) in [5, 5.41) is 8.86. The van der Waals surface area contributed by atoms with E-state index in [1.807, 2.05) is 0 Å². The number of ether oxygens (including phenoxy) is 2. The summed E-state index contributed by atoms with van der Waals surface area (Å²) in [4.78, 5) is 10.8. The molecule has 104 valence electrons. The van der Waals surface area contributed by atoms with Crippen molar-refractivity contribution in [2.75, 3.05) is 7.11 Å². The van der Waals surface area contributed by atoms with E-state index in [1.165, 1.54) is 0 Å². The summed E-state index contributed by atoms with van der Waals surface area (Å²) >= 11 is 3.37. The molecule has 0 heterocycles. The van der Waals surface area contributed by atoms with Gasteiger partial charge in [-0.3, -0.25) is 4.79 Å². The van der Waals surface area contributed by atoms with Gasteiger partial charge in [-0.05, 0) is 25.0 Å². The van der Waals surface area contributed by atoms with Gasteiger partial charge in [-0.25, -0.2) is 0 Å². The van der Waals surface area contributed by atoms with E-state index in [9.17, 15) is 4.79 Å². The fourth-order valence-corrected chi connectivity index (χ4v) is 2.25. The molecule has 0 bridgehead atoms. The Morgan fingerprint density at radius 2 is 2.26 bits per heavy atom. The summed E-state index contributed by atoms with van der Waals surface area (Å²) in [7, 11) is 1.55. The molecule has 1 atom stereocenters. The Hall–Kier alpha value is -1.27. The van der Waals surface area contributed by atoms with Crippen LogP contribution in [0.15, 0.2) is 16.6 Å². The first kappa shape index (κ1) is 14.1. The summed E-state index contributed by atoms with van der Waals surface area (Å²) in [6.07, 6.45) is 2.05. The molecule has 1 aromatic carbocycles. The van der Waals surface area contributed by atoms with Gasteiger partial charge in [-0.1, -0.05) is 15.9 Å². The fraction of sp³-hybridized carbons (Fsp3) is 0.462. The van der Waals surface area contributed by atoms with Crippen LogP contribution < -0.4 is 15.2 Å². The van der Waals surface area contributed by atoms with Gasteiger partial charge >= 0.3 is 5.97 Å². The number of carbonyl (C=O) groups is 1. The van der Waals surface area contributed by atoms with E-state index in [0.717, 1.165) is 17.3 Å². The Morgan fingerprint density at radius 1 is 1.58 bits per heavy atom. The van der Waals surface area contributed by atoms with Crippen LogP contribution in [0.1, 0.15) is 30.9 Å². The monoisotopic (exact) mass is 329 g/mol. The molecule has 1 saturated carbocycles. The molecule has 1 unspecified atom stereocenters. The van der Waals surface area contributed by atoms with Gasteiger partial charge in [0.15, 0.2) is 11.5 Å². The van der Waals surface area contributed by atoms with Gasteiger partial charge in [0.2, 0.25) is 0 Å². The lowest BCUT2D eigenvalue weighted by atomic mass is 10.0. The molecular formula is C13H16BrNO4. The summed E-state index contributed by atoms with van der Waals surface area (Å²) in [5.74, 6) is 0.183. The quantitative estimate of drug-likeness (QED) is 0.837. The molecule has 0 amide bonds. The number of halogens is 1. The van der Waals surface area contributed by atoms with Crippen LogP contribution in [-0.2, 0) is 4.79 Å². The average Bonchev–Trinajstić information content (AvgIpc) is 3.13. The fourth-order valence-electron chi connectivity index (χ4n) is 1.79. The SMILES string of the molecule is COc1cc(Br)cc(C(N)CC(=O)O)c1OC1CC1. The highest BCUT2D eigenvalue weighted by atomic mass is 79.9. The number of carboxylic acids is 1. The molecule has 1 aliphatic rings. The lowest BCUT2D eigenvalue weighted by Crippen LogP contribution is -2.17. The second-order valence-electron chi connectivity index (χ2n) is 4.55. The lowest BCUT2D eigenvalue weighted by Gasteiger charge is -2.19. The number of aliphatic carboxylic acids is 1. The Kier molecular flexibility index (Phi) is 4.31. The van der Waals surface area contributed by atoms with Gasteiger partial charge in [0.25, 0.3) is 0 Å². The van der Waals surface area contributed by atoms with Gasteiger partial charge in [0, 0.05) is 16.1 Å². The minimum absolute atomic E-state index is 0.152. The zero-order valence-corrected chi connectivity index (χ0v) is 12.1. The maximum atomic E-state index is 10.8. The summed E-state index contributed by atoms with van der Waals surface area (Å²) < 4.78 is 11.9. The molecule has 1 aliphatic carbocycles. The van der Waals surface area contributed by atoms with Crippen LogP contribution in [0, 0.1) is 0 Å². The molecule has 0 spiro atoms. The van der Waals surface area contributed by atoms with Crippen molar-refractivity contribution in [3.05, 3.63) is 22.2 Å². The number of benzene rings is 1. The van der Waals surface area contributed by atoms with E-state index in [0.29, 0.717) is 17.1 Å². The van der Waals surface area contributed by atoms with Crippen LogP contribution in [0.2, 0.25) is 0 Å². The largest absolute Gasteiger partial charge is 0.493 e. The minimum Gasteiger partial charge on any atom is -0.493 e. The first-order valence-corrected chi connectivity index (χ1v) is 6.82. The molecule has 3 N–H and O–H groups in total. The third-order valence-electron chi connectivity index (χ3n) is 2.87. The maximum absolute atomic E-state index is 10.8. The molecule has 1 aromatic rings. The lowest BCUT2D eigenvalue weighted by molar-refractivity contribution is -0.137. The number of nitrogens with two attached hydrogens (primary N) is 1. The van der Waals surface area contributed by atoms with E-state index in [4.69, 9.17) is 20.3 Å². The Morgan fingerprint density at radius 3 is 2.79 bits per heavy atom. The molecular weight excluding hydrogens is 314 g/mol. The molecule has 0 aromatic heterocycles. The van der Waals surface area contributed by atoms with Crippen molar-refractivity contribution in [3.8, 4) is 11.5 Å².